The summed E-state index contributed by atoms with van der Waals surface area (Å²) in [7, 11) is 0.340. The molecule has 10 nitrogen and oxygen atoms in total. The molecule has 0 atom stereocenters. The maximum absolute atomic E-state index is 11.8. The Balaban J connectivity index is 1.44. The molecule has 1 saturated heterocycles. The van der Waals surface area contributed by atoms with Gasteiger partial charge in [-0.1, -0.05) is 12.1 Å². The molecule has 1 aliphatic rings. The molecule has 0 bridgehead atoms. The Bertz CT molecular complexity index is 1520. The number of aromatic nitrogens is 2. The summed E-state index contributed by atoms with van der Waals surface area (Å²) >= 11 is 1.51. The first-order valence-electron chi connectivity index (χ1n) is 11.8. The number of anilines is 6. The number of ether oxygens (including phenoxy) is 1. The van der Waals surface area contributed by atoms with Crippen molar-refractivity contribution in [2.75, 3.05) is 66.8 Å². The largest absolute Gasteiger partial charge is 0.494 e. The summed E-state index contributed by atoms with van der Waals surface area (Å²) in [6, 6.07) is 15.1. The number of thiophene rings is 1. The lowest BCUT2D eigenvalue weighted by Crippen LogP contribution is -2.44. The summed E-state index contributed by atoms with van der Waals surface area (Å²) in [5.41, 5.74) is 3.65. The third-order valence-electron chi connectivity index (χ3n) is 6.08. The molecule has 37 heavy (non-hydrogen) atoms. The second kappa shape index (κ2) is 10.4. The number of fused-ring (bicyclic) bond motifs is 1. The number of nitrogens with zero attached hydrogens (tertiary/aromatic N) is 4. The molecule has 5 rings (SSSR count). The predicted octanol–water partition coefficient (Wildman–Crippen LogP) is 4.31. The van der Waals surface area contributed by atoms with E-state index in [9.17, 15) is 8.42 Å². The van der Waals surface area contributed by atoms with Crippen LogP contribution in [0.3, 0.4) is 0 Å². The van der Waals surface area contributed by atoms with Crippen molar-refractivity contribution < 1.29 is 13.2 Å². The number of rotatable bonds is 8. The molecule has 0 spiro atoms. The lowest BCUT2D eigenvalue weighted by atomic mass is 10.2. The van der Waals surface area contributed by atoms with Crippen molar-refractivity contribution in [3.8, 4) is 5.75 Å². The van der Waals surface area contributed by atoms with Gasteiger partial charge in [-0.2, -0.15) is 4.98 Å². The molecule has 0 unspecified atom stereocenters. The predicted molar refractivity (Wildman–Crippen MR) is 152 cm³/mol. The third-order valence-corrected chi connectivity index (χ3v) is 7.58. The van der Waals surface area contributed by atoms with Crippen LogP contribution in [0.4, 0.5) is 34.5 Å². The molecule has 0 aliphatic carbocycles. The van der Waals surface area contributed by atoms with Crippen LogP contribution in [0.2, 0.25) is 0 Å². The van der Waals surface area contributed by atoms with E-state index in [0.29, 0.717) is 28.9 Å². The van der Waals surface area contributed by atoms with E-state index >= 15 is 0 Å². The van der Waals surface area contributed by atoms with Crippen LogP contribution in [0.15, 0.2) is 53.9 Å². The van der Waals surface area contributed by atoms with Gasteiger partial charge in [-0.15, -0.1) is 11.3 Å². The van der Waals surface area contributed by atoms with E-state index in [4.69, 9.17) is 9.72 Å². The van der Waals surface area contributed by atoms with Gasteiger partial charge in [0.25, 0.3) is 0 Å². The van der Waals surface area contributed by atoms with Crippen LogP contribution in [0.5, 0.6) is 5.75 Å². The number of nitrogens with one attached hydrogen (secondary N) is 3. The van der Waals surface area contributed by atoms with Gasteiger partial charge in [-0.25, -0.2) is 13.4 Å². The van der Waals surface area contributed by atoms with E-state index < -0.39 is 10.0 Å². The van der Waals surface area contributed by atoms with Gasteiger partial charge in [0.2, 0.25) is 16.0 Å². The number of benzene rings is 2. The fourth-order valence-corrected chi connectivity index (χ4v) is 5.53. The fraction of sp³-hybridized carbons (Fsp3) is 0.280. The summed E-state index contributed by atoms with van der Waals surface area (Å²) in [6.45, 7) is 3.98. The van der Waals surface area contributed by atoms with E-state index in [0.717, 1.165) is 54.0 Å². The standard InChI is InChI=1S/C25H29N7O3S2/c1-31-11-13-32(14-12-31)17-8-9-20(22(16-17)35-2)27-25-28-21-10-15-36-23(21)24(29-25)26-18-6-4-5-7-19(18)30-37(3,33)34/h4-10,15-16,30H,11-14H2,1-3H3,(H2,26,27,28,29). The van der Waals surface area contributed by atoms with Gasteiger partial charge in [-0.3, -0.25) is 4.72 Å². The van der Waals surface area contributed by atoms with Crippen LogP contribution in [-0.4, -0.2) is 69.9 Å². The van der Waals surface area contributed by atoms with E-state index in [1.165, 1.54) is 11.3 Å². The second-order valence-electron chi connectivity index (χ2n) is 8.88. The Morgan fingerprint density at radius 2 is 1.70 bits per heavy atom. The second-order valence-corrected chi connectivity index (χ2v) is 11.5. The maximum atomic E-state index is 11.8. The molecule has 3 heterocycles. The molecular formula is C25H29N7O3S2. The monoisotopic (exact) mass is 539 g/mol. The first kappa shape index (κ1) is 25.1. The van der Waals surface area contributed by atoms with Crippen LogP contribution >= 0.6 is 11.3 Å². The fourth-order valence-electron chi connectivity index (χ4n) is 4.18. The van der Waals surface area contributed by atoms with E-state index in [1.54, 1.807) is 25.3 Å². The van der Waals surface area contributed by atoms with Gasteiger partial charge < -0.3 is 25.2 Å². The van der Waals surface area contributed by atoms with Crippen LogP contribution in [0.25, 0.3) is 10.2 Å². The van der Waals surface area contributed by atoms with E-state index in [1.807, 2.05) is 29.6 Å². The molecular weight excluding hydrogens is 510 g/mol. The molecule has 1 fully saturated rings. The highest BCUT2D eigenvalue weighted by Gasteiger charge is 2.17. The minimum atomic E-state index is -3.45. The maximum Gasteiger partial charge on any atom is 0.229 e. The average Bonchev–Trinajstić information content (AvgIpc) is 3.34. The molecule has 1 aliphatic heterocycles. The summed E-state index contributed by atoms with van der Waals surface area (Å²) in [6.07, 6.45) is 1.12. The Morgan fingerprint density at radius 1 is 0.946 bits per heavy atom. The zero-order valence-electron chi connectivity index (χ0n) is 20.9. The van der Waals surface area contributed by atoms with Crippen molar-refractivity contribution in [1.29, 1.82) is 0 Å². The molecule has 2 aromatic heterocycles. The Hall–Kier alpha value is -3.61. The number of sulfonamides is 1. The third kappa shape index (κ3) is 5.87. The molecule has 4 aromatic rings. The zero-order chi connectivity index (χ0) is 26.0. The van der Waals surface area contributed by atoms with Crippen LogP contribution in [0, 0.1) is 0 Å². The van der Waals surface area contributed by atoms with E-state index in [-0.39, 0.29) is 0 Å². The number of piperazine rings is 1. The number of para-hydroxylation sites is 2. The summed E-state index contributed by atoms with van der Waals surface area (Å²) < 4.78 is 32.8. The van der Waals surface area contributed by atoms with Gasteiger partial charge in [0, 0.05) is 37.9 Å². The SMILES string of the molecule is COc1cc(N2CCN(C)CC2)ccc1Nc1nc(Nc2ccccc2NS(C)(=O)=O)c2sccc2n1. The molecule has 194 valence electrons. The average molecular weight is 540 g/mol. The molecule has 0 saturated carbocycles. The molecule has 0 amide bonds. The smallest absolute Gasteiger partial charge is 0.229 e. The van der Waals surface area contributed by atoms with Crippen LogP contribution in [-0.2, 0) is 10.0 Å². The van der Waals surface area contributed by atoms with Crippen molar-refractivity contribution in [3.63, 3.8) is 0 Å². The highest BCUT2D eigenvalue weighted by atomic mass is 32.2. The van der Waals surface area contributed by atoms with Crippen molar-refractivity contribution >= 4 is 66.1 Å². The Morgan fingerprint density at radius 3 is 2.43 bits per heavy atom. The van der Waals surface area contributed by atoms with Crippen LogP contribution in [0.1, 0.15) is 0 Å². The molecule has 0 radical (unpaired) electrons. The minimum Gasteiger partial charge on any atom is -0.494 e. The quantitative estimate of drug-likeness (QED) is 0.302. The van der Waals surface area contributed by atoms with Crippen molar-refractivity contribution in [3.05, 3.63) is 53.9 Å². The molecule has 2 aromatic carbocycles. The summed E-state index contributed by atoms with van der Waals surface area (Å²) in [4.78, 5) is 14.1. The van der Waals surface area contributed by atoms with Gasteiger partial charge in [0.15, 0.2) is 5.82 Å². The number of methoxy groups -OCH3 is 1. The van der Waals surface area contributed by atoms with Gasteiger partial charge in [0.05, 0.1) is 40.6 Å². The number of likely N-dealkylation sites (N-methyl/N-ethyl adjacent to an activating group) is 1. The zero-order valence-corrected chi connectivity index (χ0v) is 22.5. The Labute approximate surface area is 220 Å². The van der Waals surface area contributed by atoms with Gasteiger partial charge >= 0.3 is 0 Å². The number of hydrogen-bond acceptors (Lipinski definition) is 10. The minimum absolute atomic E-state index is 0.396. The Kier molecular flexibility index (Phi) is 7.04. The first-order chi connectivity index (χ1) is 17.8. The first-order valence-corrected chi connectivity index (χ1v) is 14.5. The van der Waals surface area contributed by atoms with E-state index in [2.05, 4.69) is 43.3 Å². The summed E-state index contributed by atoms with van der Waals surface area (Å²) in [5.74, 6) is 1.66. The normalized spacial score (nSPS) is 14.5. The number of hydrogen-bond donors (Lipinski definition) is 3. The van der Waals surface area contributed by atoms with Crippen molar-refractivity contribution in [2.45, 2.75) is 0 Å². The van der Waals surface area contributed by atoms with Gasteiger partial charge in [0.1, 0.15) is 5.75 Å². The van der Waals surface area contributed by atoms with Crippen molar-refractivity contribution in [2.24, 2.45) is 0 Å². The summed E-state index contributed by atoms with van der Waals surface area (Å²) in [5, 5.41) is 8.53. The highest BCUT2D eigenvalue weighted by Crippen LogP contribution is 2.35. The lowest BCUT2D eigenvalue weighted by Gasteiger charge is -2.34. The van der Waals surface area contributed by atoms with Crippen LogP contribution < -0.4 is 25.0 Å². The van der Waals surface area contributed by atoms with Crippen molar-refractivity contribution in [1.82, 2.24) is 14.9 Å². The lowest BCUT2D eigenvalue weighted by molar-refractivity contribution is 0.312. The topological polar surface area (TPSA) is 112 Å². The highest BCUT2D eigenvalue weighted by molar-refractivity contribution is 7.92. The molecule has 3 N–H and O–H groups in total. The molecule has 12 heteroatoms. The van der Waals surface area contributed by atoms with Gasteiger partial charge in [-0.05, 0) is 42.8 Å².